The van der Waals surface area contributed by atoms with Crippen molar-refractivity contribution in [2.75, 3.05) is 20.6 Å². The molecule has 0 bridgehead atoms. The van der Waals surface area contributed by atoms with Gasteiger partial charge < -0.3 is 10.0 Å². The molecule has 0 aliphatic rings. The normalized spacial score (nSPS) is 14.8. The standard InChI is InChI=1S/C15H28BrN3O/c1-5-7-8-12(6-2)15(20)14-13(16)11-17-19(14)10-9-18(3)4/h11-12,15,20H,5-10H2,1-4H3. The first-order valence-electron chi connectivity index (χ1n) is 7.55. The molecule has 0 aromatic carbocycles. The van der Waals surface area contributed by atoms with E-state index in [4.69, 9.17) is 0 Å². The van der Waals surface area contributed by atoms with Crippen LogP contribution in [0.4, 0.5) is 0 Å². The minimum Gasteiger partial charge on any atom is -0.386 e. The third kappa shape index (κ3) is 4.86. The molecule has 0 radical (unpaired) electrons. The Bertz CT molecular complexity index is 392. The molecule has 0 spiro atoms. The Morgan fingerprint density at radius 1 is 1.40 bits per heavy atom. The van der Waals surface area contributed by atoms with Gasteiger partial charge in [-0.2, -0.15) is 5.10 Å². The minimum absolute atomic E-state index is 0.307. The van der Waals surface area contributed by atoms with Crippen LogP contribution in [-0.2, 0) is 6.54 Å². The number of halogens is 1. The lowest BCUT2D eigenvalue weighted by Gasteiger charge is -2.23. The van der Waals surface area contributed by atoms with Crippen LogP contribution in [0.5, 0.6) is 0 Å². The Kier molecular flexibility index (Phi) is 7.77. The molecule has 0 fully saturated rings. The lowest BCUT2D eigenvalue weighted by molar-refractivity contribution is 0.0888. The molecule has 4 nitrogen and oxygen atoms in total. The predicted molar refractivity (Wildman–Crippen MR) is 86.7 cm³/mol. The molecule has 1 N–H and O–H groups in total. The molecule has 0 aliphatic heterocycles. The lowest BCUT2D eigenvalue weighted by Crippen LogP contribution is -2.23. The topological polar surface area (TPSA) is 41.3 Å². The number of unbranched alkanes of at least 4 members (excludes halogenated alkanes) is 1. The van der Waals surface area contributed by atoms with Gasteiger partial charge in [0.2, 0.25) is 0 Å². The van der Waals surface area contributed by atoms with Crippen LogP contribution in [0.25, 0.3) is 0 Å². The molecule has 5 heteroatoms. The van der Waals surface area contributed by atoms with Gasteiger partial charge in [-0.05, 0) is 42.4 Å². The summed E-state index contributed by atoms with van der Waals surface area (Å²) in [7, 11) is 4.09. The Hall–Kier alpha value is -0.390. The second kappa shape index (κ2) is 8.80. The maximum Gasteiger partial charge on any atom is 0.0996 e. The third-order valence-electron chi connectivity index (χ3n) is 3.77. The van der Waals surface area contributed by atoms with E-state index in [0.717, 1.165) is 36.1 Å². The Balaban J connectivity index is 2.84. The Morgan fingerprint density at radius 2 is 2.10 bits per heavy atom. The maximum atomic E-state index is 10.7. The van der Waals surface area contributed by atoms with Gasteiger partial charge in [-0.1, -0.05) is 33.1 Å². The van der Waals surface area contributed by atoms with E-state index in [2.05, 4.69) is 39.8 Å². The zero-order valence-electron chi connectivity index (χ0n) is 13.1. The molecule has 2 atom stereocenters. The summed E-state index contributed by atoms with van der Waals surface area (Å²) >= 11 is 3.53. The quantitative estimate of drug-likeness (QED) is 0.745. The molecular formula is C15H28BrN3O. The van der Waals surface area contributed by atoms with Crippen molar-refractivity contribution in [2.45, 2.75) is 52.2 Å². The highest BCUT2D eigenvalue weighted by Gasteiger charge is 2.25. The van der Waals surface area contributed by atoms with Crippen LogP contribution in [0.2, 0.25) is 0 Å². The van der Waals surface area contributed by atoms with Crippen molar-refractivity contribution in [3.63, 3.8) is 0 Å². The van der Waals surface area contributed by atoms with Crippen molar-refractivity contribution in [1.29, 1.82) is 0 Å². The lowest BCUT2D eigenvalue weighted by atomic mass is 9.91. The molecule has 0 aliphatic carbocycles. The first kappa shape index (κ1) is 17.7. The van der Waals surface area contributed by atoms with E-state index in [0.29, 0.717) is 5.92 Å². The van der Waals surface area contributed by atoms with Crippen LogP contribution in [-0.4, -0.2) is 40.4 Å². The molecular weight excluding hydrogens is 318 g/mol. The third-order valence-corrected chi connectivity index (χ3v) is 4.38. The molecule has 20 heavy (non-hydrogen) atoms. The summed E-state index contributed by atoms with van der Waals surface area (Å²) in [6.07, 6.45) is 5.75. The van der Waals surface area contributed by atoms with Crippen molar-refractivity contribution in [3.8, 4) is 0 Å². The number of hydrogen-bond donors (Lipinski definition) is 1. The summed E-state index contributed by atoms with van der Waals surface area (Å²) in [5.74, 6) is 0.307. The number of hydrogen-bond acceptors (Lipinski definition) is 3. The van der Waals surface area contributed by atoms with E-state index in [1.54, 1.807) is 6.20 Å². The predicted octanol–water partition coefficient (Wildman–Crippen LogP) is 3.46. The van der Waals surface area contributed by atoms with E-state index >= 15 is 0 Å². The molecule has 1 aromatic heterocycles. The summed E-state index contributed by atoms with van der Waals surface area (Å²) in [5, 5.41) is 15.1. The summed E-state index contributed by atoms with van der Waals surface area (Å²) in [6.45, 7) is 6.06. The van der Waals surface area contributed by atoms with Gasteiger partial charge in [-0.25, -0.2) is 0 Å². The monoisotopic (exact) mass is 345 g/mol. The van der Waals surface area contributed by atoms with Gasteiger partial charge in [0.1, 0.15) is 0 Å². The number of aromatic nitrogens is 2. The van der Waals surface area contributed by atoms with E-state index in [1.165, 1.54) is 12.8 Å². The zero-order valence-corrected chi connectivity index (χ0v) is 14.7. The fraction of sp³-hybridized carbons (Fsp3) is 0.800. The van der Waals surface area contributed by atoms with Crippen LogP contribution in [0, 0.1) is 5.92 Å². The van der Waals surface area contributed by atoms with Crippen molar-refractivity contribution in [2.24, 2.45) is 5.92 Å². The van der Waals surface area contributed by atoms with E-state index in [1.807, 2.05) is 18.8 Å². The highest BCUT2D eigenvalue weighted by atomic mass is 79.9. The van der Waals surface area contributed by atoms with Gasteiger partial charge >= 0.3 is 0 Å². The molecule has 0 amide bonds. The van der Waals surface area contributed by atoms with Gasteiger partial charge in [0.25, 0.3) is 0 Å². The highest BCUT2D eigenvalue weighted by Crippen LogP contribution is 2.33. The smallest absolute Gasteiger partial charge is 0.0996 e. The van der Waals surface area contributed by atoms with Crippen LogP contribution in [0.1, 0.15) is 51.3 Å². The average molecular weight is 346 g/mol. The second-order valence-corrected chi connectivity index (χ2v) is 6.51. The molecule has 0 saturated heterocycles. The van der Waals surface area contributed by atoms with E-state index in [-0.39, 0.29) is 0 Å². The van der Waals surface area contributed by atoms with Gasteiger partial charge in [-0.3, -0.25) is 4.68 Å². The van der Waals surface area contributed by atoms with Gasteiger partial charge in [0.15, 0.2) is 0 Å². The number of aliphatic hydroxyl groups is 1. The summed E-state index contributed by atoms with van der Waals surface area (Å²) in [4.78, 5) is 2.13. The van der Waals surface area contributed by atoms with E-state index < -0.39 is 6.10 Å². The Labute approximate surface area is 131 Å². The highest BCUT2D eigenvalue weighted by molar-refractivity contribution is 9.10. The fourth-order valence-corrected chi connectivity index (χ4v) is 2.94. The van der Waals surface area contributed by atoms with Crippen molar-refractivity contribution in [3.05, 3.63) is 16.4 Å². The number of rotatable bonds is 9. The molecule has 2 unspecified atom stereocenters. The summed E-state index contributed by atoms with van der Waals surface area (Å²) in [6, 6.07) is 0. The molecule has 1 rings (SSSR count). The zero-order chi connectivity index (χ0) is 15.1. The largest absolute Gasteiger partial charge is 0.386 e. The molecule has 1 aromatic rings. The average Bonchev–Trinajstić information content (AvgIpc) is 2.78. The maximum absolute atomic E-state index is 10.7. The first-order chi connectivity index (χ1) is 9.51. The van der Waals surface area contributed by atoms with Crippen molar-refractivity contribution < 1.29 is 5.11 Å². The molecule has 1 heterocycles. The van der Waals surface area contributed by atoms with Gasteiger partial charge in [-0.15, -0.1) is 0 Å². The minimum atomic E-state index is -0.439. The SMILES string of the molecule is CCCCC(CC)C(O)c1c(Br)cnn1CCN(C)C. The van der Waals surface area contributed by atoms with Gasteiger partial charge in [0, 0.05) is 6.54 Å². The second-order valence-electron chi connectivity index (χ2n) is 5.66. The number of nitrogens with zero attached hydrogens (tertiary/aromatic N) is 3. The van der Waals surface area contributed by atoms with E-state index in [9.17, 15) is 5.11 Å². The van der Waals surface area contributed by atoms with Crippen molar-refractivity contribution in [1.82, 2.24) is 14.7 Å². The first-order valence-corrected chi connectivity index (χ1v) is 8.34. The fourth-order valence-electron chi connectivity index (χ4n) is 2.41. The Morgan fingerprint density at radius 3 is 2.65 bits per heavy atom. The van der Waals surface area contributed by atoms with Crippen LogP contribution in [0.15, 0.2) is 10.7 Å². The van der Waals surface area contributed by atoms with Gasteiger partial charge in [0.05, 0.1) is 29.0 Å². The number of likely N-dealkylation sites (N-methyl/N-ethyl adjacent to an activating group) is 1. The van der Waals surface area contributed by atoms with Crippen LogP contribution >= 0.6 is 15.9 Å². The molecule has 116 valence electrons. The number of aliphatic hydroxyl groups excluding tert-OH is 1. The summed E-state index contributed by atoms with van der Waals surface area (Å²) in [5.41, 5.74) is 0.926. The summed E-state index contributed by atoms with van der Waals surface area (Å²) < 4.78 is 2.85. The molecule has 0 saturated carbocycles. The van der Waals surface area contributed by atoms with Crippen LogP contribution in [0.3, 0.4) is 0 Å². The van der Waals surface area contributed by atoms with Crippen molar-refractivity contribution >= 4 is 15.9 Å². The van der Waals surface area contributed by atoms with Crippen LogP contribution < -0.4 is 0 Å².